The van der Waals surface area contributed by atoms with Gasteiger partial charge in [0.15, 0.2) is 5.78 Å². The van der Waals surface area contributed by atoms with Crippen LogP contribution in [0.25, 0.3) is 0 Å². The van der Waals surface area contributed by atoms with Gasteiger partial charge in [-0.2, -0.15) is 0 Å². The number of ether oxygens (including phenoxy) is 3. The molecule has 0 fully saturated rings. The normalized spacial score (nSPS) is 8.50. The molecule has 6 heteroatoms. The molecule has 0 atom stereocenters. The van der Waals surface area contributed by atoms with Crippen molar-refractivity contribution in [2.75, 3.05) is 20.8 Å². The van der Waals surface area contributed by atoms with E-state index in [1.165, 1.54) is 20.3 Å². The summed E-state index contributed by atoms with van der Waals surface area (Å²) in [5, 5.41) is 0. The summed E-state index contributed by atoms with van der Waals surface area (Å²) in [5.74, 6) is -0.318. The summed E-state index contributed by atoms with van der Waals surface area (Å²) in [6, 6.07) is 18.6. The van der Waals surface area contributed by atoms with Gasteiger partial charge in [-0.25, -0.2) is 9.59 Å². The van der Waals surface area contributed by atoms with Crippen LogP contribution in [-0.4, -0.2) is 38.7 Å². The molecule has 0 N–H and O–H groups in total. The molecule has 0 heterocycles. The number of benzene rings is 2. The molecule has 2 rings (SSSR count). The minimum Gasteiger partial charge on any atom is -0.466 e. The minimum absolute atomic E-state index is 0.0752. The molecule has 2 aromatic carbocycles. The van der Waals surface area contributed by atoms with Crippen molar-refractivity contribution in [1.29, 1.82) is 0 Å². The van der Waals surface area contributed by atoms with Crippen molar-refractivity contribution in [3.05, 3.63) is 97.1 Å². The van der Waals surface area contributed by atoms with E-state index in [0.29, 0.717) is 0 Å². The molecule has 6 nitrogen and oxygen atoms in total. The second-order valence-electron chi connectivity index (χ2n) is 4.84. The van der Waals surface area contributed by atoms with Gasteiger partial charge in [0, 0.05) is 17.2 Å². The fraction of sp³-hybridized carbons (Fsp3) is 0.136. The highest BCUT2D eigenvalue weighted by atomic mass is 16.7. The Kier molecular flexibility index (Phi) is 13.5. The van der Waals surface area contributed by atoms with Crippen LogP contribution in [0.5, 0.6) is 0 Å². The third-order valence-corrected chi connectivity index (χ3v) is 2.93. The summed E-state index contributed by atoms with van der Waals surface area (Å²) < 4.78 is 12.6. The molecule has 0 aliphatic carbocycles. The van der Waals surface area contributed by atoms with Gasteiger partial charge < -0.3 is 14.2 Å². The molecule has 28 heavy (non-hydrogen) atoms. The highest BCUT2D eigenvalue weighted by Crippen LogP contribution is 2.08. The lowest BCUT2D eigenvalue weighted by molar-refractivity contribution is -0.134. The number of ketones is 1. The second-order valence-corrected chi connectivity index (χ2v) is 4.84. The first-order valence-corrected chi connectivity index (χ1v) is 8.16. The molecule has 0 aliphatic rings. The van der Waals surface area contributed by atoms with E-state index in [1.807, 2.05) is 60.7 Å². The maximum absolute atomic E-state index is 11.8. The number of rotatable bonds is 5. The maximum Gasteiger partial charge on any atom is 0.508 e. The molecule has 0 saturated heterocycles. The lowest BCUT2D eigenvalue weighted by Gasteiger charge is -1.99. The Morgan fingerprint density at radius 2 is 1.29 bits per heavy atom. The Bertz CT molecular complexity index is 697. The Morgan fingerprint density at radius 3 is 1.57 bits per heavy atom. The van der Waals surface area contributed by atoms with Gasteiger partial charge in [0.05, 0.1) is 14.2 Å². The Hall–Kier alpha value is -3.67. The molecule has 0 spiro atoms. The summed E-state index contributed by atoms with van der Waals surface area (Å²) in [6.07, 6.45) is 1.90. The van der Waals surface area contributed by atoms with Crippen LogP contribution >= 0.6 is 0 Å². The lowest BCUT2D eigenvalue weighted by atomic mass is 10.0. The van der Waals surface area contributed by atoms with Gasteiger partial charge in [-0.05, 0) is 0 Å². The summed E-state index contributed by atoms with van der Waals surface area (Å²) in [7, 11) is 2.56. The molecule has 0 saturated carbocycles. The zero-order valence-corrected chi connectivity index (χ0v) is 16.0. The summed E-state index contributed by atoms with van der Waals surface area (Å²) in [6.45, 7) is 6.69. The van der Waals surface area contributed by atoms with Crippen LogP contribution in [0.15, 0.2) is 86.0 Å². The number of hydrogen-bond acceptors (Lipinski definition) is 6. The zero-order valence-electron chi connectivity index (χ0n) is 16.0. The third kappa shape index (κ3) is 11.0. The smallest absolute Gasteiger partial charge is 0.466 e. The van der Waals surface area contributed by atoms with Gasteiger partial charge in [-0.3, -0.25) is 4.79 Å². The zero-order chi connectivity index (χ0) is 21.2. The van der Waals surface area contributed by atoms with Crippen LogP contribution < -0.4 is 0 Å². The van der Waals surface area contributed by atoms with Gasteiger partial charge in [0.1, 0.15) is 6.61 Å². The van der Waals surface area contributed by atoms with Crippen molar-refractivity contribution in [2.45, 2.75) is 0 Å². The Morgan fingerprint density at radius 1 is 0.821 bits per heavy atom. The molecule has 148 valence electrons. The molecular weight excluding hydrogens is 360 g/mol. The van der Waals surface area contributed by atoms with E-state index in [0.717, 1.165) is 17.2 Å². The first kappa shape index (κ1) is 24.3. The van der Waals surface area contributed by atoms with E-state index in [4.69, 9.17) is 0 Å². The van der Waals surface area contributed by atoms with Gasteiger partial charge in [0.25, 0.3) is 0 Å². The van der Waals surface area contributed by atoms with Crippen LogP contribution in [0.1, 0.15) is 15.9 Å². The van der Waals surface area contributed by atoms with Crippen molar-refractivity contribution in [1.82, 2.24) is 0 Å². The highest BCUT2D eigenvalue weighted by molar-refractivity contribution is 6.08. The van der Waals surface area contributed by atoms with Gasteiger partial charge in [-0.15, -0.1) is 0 Å². The highest BCUT2D eigenvalue weighted by Gasteiger charge is 2.06. The number of methoxy groups -OCH3 is 2. The van der Waals surface area contributed by atoms with Crippen molar-refractivity contribution < 1.29 is 28.6 Å². The van der Waals surface area contributed by atoms with Crippen LogP contribution in [0.4, 0.5) is 4.79 Å². The van der Waals surface area contributed by atoms with Crippen molar-refractivity contribution >= 4 is 17.9 Å². The fourth-order valence-corrected chi connectivity index (χ4v) is 1.61. The average Bonchev–Trinajstić information content (AvgIpc) is 2.78. The van der Waals surface area contributed by atoms with Crippen LogP contribution in [0.2, 0.25) is 0 Å². The predicted octanol–water partition coefficient (Wildman–Crippen LogP) is 4.22. The van der Waals surface area contributed by atoms with Gasteiger partial charge in [0.2, 0.25) is 0 Å². The van der Waals surface area contributed by atoms with Crippen LogP contribution in [0, 0.1) is 0 Å². The fourth-order valence-electron chi connectivity index (χ4n) is 1.61. The quantitative estimate of drug-likeness (QED) is 0.332. The Balaban J connectivity index is 0.000000445. The second kappa shape index (κ2) is 15.6. The molecular formula is C22H24O6. The molecule has 0 bridgehead atoms. The number of hydrogen-bond donors (Lipinski definition) is 0. The van der Waals surface area contributed by atoms with Crippen molar-refractivity contribution in [2.24, 2.45) is 0 Å². The van der Waals surface area contributed by atoms with E-state index < -0.39 is 12.1 Å². The predicted molar refractivity (Wildman–Crippen MR) is 107 cm³/mol. The average molecular weight is 384 g/mol. The van der Waals surface area contributed by atoms with E-state index >= 15 is 0 Å². The first-order chi connectivity index (χ1) is 13.5. The lowest BCUT2D eigenvalue weighted by Crippen LogP contribution is -2.02. The molecule has 0 amide bonds. The monoisotopic (exact) mass is 384 g/mol. The summed E-state index contributed by atoms with van der Waals surface area (Å²) in [4.78, 5) is 31.8. The third-order valence-electron chi connectivity index (χ3n) is 2.93. The molecule has 0 unspecified atom stereocenters. The SMILES string of the molecule is C=CC(=O)OC.C=CCOC(=O)OC.O=C(c1ccccc1)c1ccccc1. The van der Waals surface area contributed by atoms with E-state index in [2.05, 4.69) is 27.4 Å². The van der Waals surface area contributed by atoms with E-state index in [-0.39, 0.29) is 12.4 Å². The largest absolute Gasteiger partial charge is 0.508 e. The van der Waals surface area contributed by atoms with Crippen molar-refractivity contribution in [3.63, 3.8) is 0 Å². The molecule has 2 aromatic rings. The number of esters is 1. The van der Waals surface area contributed by atoms with Crippen molar-refractivity contribution in [3.8, 4) is 0 Å². The summed E-state index contributed by atoms with van der Waals surface area (Å²) in [5.41, 5.74) is 1.47. The molecule has 0 aliphatic heterocycles. The maximum atomic E-state index is 11.8. The van der Waals surface area contributed by atoms with E-state index in [9.17, 15) is 14.4 Å². The standard InChI is InChI=1S/C13H10O.C5H8O3.C4H6O2/c14-13(11-7-3-1-4-8-11)12-9-5-2-6-10-12;1-3-4-8-5(6)7-2;1-3-4(5)6-2/h1-10H;3H,1,4H2,2H3;3H,1H2,2H3. The topological polar surface area (TPSA) is 78.9 Å². The summed E-state index contributed by atoms with van der Waals surface area (Å²) >= 11 is 0. The van der Waals surface area contributed by atoms with Crippen LogP contribution in [-0.2, 0) is 19.0 Å². The van der Waals surface area contributed by atoms with Gasteiger partial charge in [-0.1, -0.05) is 79.9 Å². The van der Waals surface area contributed by atoms with Crippen LogP contribution in [0.3, 0.4) is 0 Å². The first-order valence-electron chi connectivity index (χ1n) is 8.16. The van der Waals surface area contributed by atoms with E-state index in [1.54, 1.807) is 0 Å². The number of carbonyl (C=O) groups excluding carboxylic acids is 3. The minimum atomic E-state index is -0.676. The Labute approximate surface area is 165 Å². The number of carbonyl (C=O) groups is 3. The van der Waals surface area contributed by atoms with Gasteiger partial charge >= 0.3 is 12.1 Å². The molecule has 0 aromatic heterocycles. The molecule has 0 radical (unpaired) electrons.